The summed E-state index contributed by atoms with van der Waals surface area (Å²) in [5, 5.41) is 7.54. The fourth-order valence-corrected chi connectivity index (χ4v) is 3.39. The third-order valence-electron chi connectivity index (χ3n) is 4.84. The predicted octanol–water partition coefficient (Wildman–Crippen LogP) is 4.98. The Balaban J connectivity index is 0.000000333. The van der Waals surface area contributed by atoms with Gasteiger partial charge in [0.25, 0.3) is 0 Å². The lowest BCUT2D eigenvalue weighted by Gasteiger charge is -2.10. The average molecular weight is 441 g/mol. The summed E-state index contributed by atoms with van der Waals surface area (Å²) in [6, 6.07) is 11.5. The standard InChI is InChI=1S/C15H15NO2.C11H21NO2/c1-10(17)9-12-5-3-7-14-13(12)6-4-8-15(14)16-11(2)18;1-10(13)8-6-4-3-5-7-9-12-11(2)14/h3-8H,9H2,1-2H3,(H,16,18);3-9H2,1-2H3,(H,12,14). The van der Waals surface area contributed by atoms with Crippen LogP contribution in [0.1, 0.15) is 71.8 Å². The van der Waals surface area contributed by atoms with Crippen LogP contribution >= 0.6 is 0 Å². The summed E-state index contributed by atoms with van der Waals surface area (Å²) in [4.78, 5) is 43.5. The molecule has 0 unspecified atom stereocenters. The Labute approximate surface area is 191 Å². The Morgan fingerprint density at radius 3 is 1.94 bits per heavy atom. The largest absolute Gasteiger partial charge is 0.356 e. The number of carbonyl (C=O) groups is 4. The molecule has 0 spiro atoms. The monoisotopic (exact) mass is 440 g/mol. The van der Waals surface area contributed by atoms with Crippen LogP contribution in [-0.2, 0) is 25.6 Å². The number of fused-ring (bicyclic) bond motifs is 1. The second-order valence-electron chi connectivity index (χ2n) is 8.08. The highest BCUT2D eigenvalue weighted by molar-refractivity contribution is 6.03. The topological polar surface area (TPSA) is 92.3 Å². The molecule has 2 aromatic rings. The SMILES string of the molecule is CC(=O)CCCCCCCNC(C)=O.CC(=O)Cc1cccc2c(NC(C)=O)cccc12. The maximum Gasteiger partial charge on any atom is 0.221 e. The van der Waals surface area contributed by atoms with Crippen LogP contribution in [0, 0.1) is 0 Å². The number of carbonyl (C=O) groups excluding carboxylic acids is 4. The molecule has 0 aliphatic carbocycles. The van der Waals surface area contributed by atoms with Crippen LogP contribution < -0.4 is 10.6 Å². The number of amides is 2. The Bertz CT molecular complexity index is 846. The summed E-state index contributed by atoms with van der Waals surface area (Å²) < 4.78 is 0. The van der Waals surface area contributed by atoms with Gasteiger partial charge in [-0.1, -0.05) is 49.6 Å². The summed E-state index contributed by atoms with van der Waals surface area (Å²) in [6.45, 7) is 7.01. The van der Waals surface area contributed by atoms with E-state index >= 15 is 0 Å². The molecular weight excluding hydrogens is 404 g/mol. The van der Waals surface area contributed by atoms with Crippen molar-refractivity contribution < 1.29 is 19.2 Å². The van der Waals surface area contributed by atoms with Crippen LogP contribution in [0.2, 0.25) is 0 Å². The van der Waals surface area contributed by atoms with E-state index in [1.807, 2.05) is 36.4 Å². The van der Waals surface area contributed by atoms with E-state index in [0.717, 1.165) is 60.7 Å². The highest BCUT2D eigenvalue weighted by Gasteiger charge is 2.07. The van der Waals surface area contributed by atoms with Gasteiger partial charge in [0.2, 0.25) is 11.8 Å². The maximum absolute atomic E-state index is 11.2. The van der Waals surface area contributed by atoms with E-state index in [0.29, 0.717) is 12.8 Å². The number of hydrogen-bond acceptors (Lipinski definition) is 4. The molecule has 6 heteroatoms. The number of Topliss-reactive ketones (excluding diaryl/α,β-unsaturated/α-hetero) is 2. The molecule has 174 valence electrons. The lowest BCUT2D eigenvalue weighted by atomic mass is 9.99. The molecule has 0 bridgehead atoms. The van der Waals surface area contributed by atoms with Gasteiger partial charge in [0.05, 0.1) is 0 Å². The first-order valence-electron chi connectivity index (χ1n) is 11.2. The molecule has 2 aromatic carbocycles. The Kier molecular flexibility index (Phi) is 12.6. The summed E-state index contributed by atoms with van der Waals surface area (Å²) in [7, 11) is 0. The van der Waals surface area contributed by atoms with Crippen molar-refractivity contribution >= 4 is 39.8 Å². The minimum absolute atomic E-state index is 0.0431. The highest BCUT2D eigenvalue weighted by Crippen LogP contribution is 2.26. The van der Waals surface area contributed by atoms with Crippen LogP contribution in [0.4, 0.5) is 5.69 Å². The van der Waals surface area contributed by atoms with E-state index in [9.17, 15) is 19.2 Å². The Hall–Kier alpha value is -3.02. The molecule has 0 heterocycles. The second-order valence-corrected chi connectivity index (χ2v) is 8.08. The summed E-state index contributed by atoms with van der Waals surface area (Å²) in [5.74, 6) is 0.358. The number of nitrogens with one attached hydrogen (secondary N) is 2. The Morgan fingerprint density at radius 2 is 1.31 bits per heavy atom. The molecule has 0 radical (unpaired) electrons. The van der Waals surface area contributed by atoms with Crippen molar-refractivity contribution in [2.24, 2.45) is 0 Å². The number of hydrogen-bond donors (Lipinski definition) is 2. The normalized spacial score (nSPS) is 10.1. The zero-order valence-corrected chi connectivity index (χ0v) is 19.8. The van der Waals surface area contributed by atoms with Gasteiger partial charge in [0, 0.05) is 44.3 Å². The molecule has 0 aliphatic heterocycles. The van der Waals surface area contributed by atoms with Gasteiger partial charge in [0.1, 0.15) is 11.6 Å². The minimum atomic E-state index is -0.0977. The quantitative estimate of drug-likeness (QED) is 0.482. The first kappa shape index (κ1) is 27.0. The molecule has 0 aromatic heterocycles. The molecule has 32 heavy (non-hydrogen) atoms. The smallest absolute Gasteiger partial charge is 0.221 e. The van der Waals surface area contributed by atoms with Crippen molar-refractivity contribution in [3.05, 3.63) is 42.0 Å². The van der Waals surface area contributed by atoms with Crippen LogP contribution in [-0.4, -0.2) is 29.9 Å². The molecular formula is C26H36N2O4. The van der Waals surface area contributed by atoms with Gasteiger partial charge in [-0.2, -0.15) is 0 Å². The van der Waals surface area contributed by atoms with E-state index in [2.05, 4.69) is 10.6 Å². The number of rotatable bonds is 11. The molecule has 0 fully saturated rings. The Morgan fingerprint density at radius 1 is 0.688 bits per heavy atom. The zero-order valence-electron chi connectivity index (χ0n) is 19.8. The number of unbranched alkanes of at least 4 members (excludes halogenated alkanes) is 4. The molecule has 0 saturated carbocycles. The molecule has 2 amide bonds. The molecule has 0 atom stereocenters. The van der Waals surface area contributed by atoms with Gasteiger partial charge < -0.3 is 15.4 Å². The second kappa shape index (κ2) is 14.9. The van der Waals surface area contributed by atoms with Crippen LogP contribution in [0.15, 0.2) is 36.4 Å². The predicted molar refractivity (Wildman–Crippen MR) is 130 cm³/mol. The first-order valence-corrected chi connectivity index (χ1v) is 11.2. The van der Waals surface area contributed by atoms with Crippen molar-refractivity contribution in [1.29, 1.82) is 0 Å². The van der Waals surface area contributed by atoms with Crippen LogP contribution in [0.3, 0.4) is 0 Å². The van der Waals surface area contributed by atoms with Gasteiger partial charge in [-0.3, -0.25) is 14.4 Å². The van der Waals surface area contributed by atoms with E-state index in [1.165, 1.54) is 13.8 Å². The van der Waals surface area contributed by atoms with Gasteiger partial charge in [-0.15, -0.1) is 0 Å². The fraction of sp³-hybridized carbons (Fsp3) is 0.462. The van der Waals surface area contributed by atoms with Crippen molar-refractivity contribution in [2.45, 2.75) is 72.6 Å². The third kappa shape index (κ3) is 11.4. The number of benzene rings is 2. The summed E-state index contributed by atoms with van der Waals surface area (Å²) in [5.41, 5.74) is 1.78. The number of ketones is 2. The summed E-state index contributed by atoms with van der Waals surface area (Å²) >= 11 is 0. The van der Waals surface area contributed by atoms with Crippen LogP contribution in [0.25, 0.3) is 10.8 Å². The third-order valence-corrected chi connectivity index (χ3v) is 4.84. The molecule has 6 nitrogen and oxygen atoms in total. The lowest BCUT2D eigenvalue weighted by molar-refractivity contribution is -0.119. The molecule has 2 N–H and O–H groups in total. The van der Waals surface area contributed by atoms with E-state index in [4.69, 9.17) is 0 Å². The van der Waals surface area contributed by atoms with Crippen molar-refractivity contribution in [2.75, 3.05) is 11.9 Å². The first-order chi connectivity index (χ1) is 15.2. The lowest BCUT2D eigenvalue weighted by Crippen LogP contribution is -2.20. The zero-order chi connectivity index (χ0) is 23.9. The van der Waals surface area contributed by atoms with E-state index in [1.54, 1.807) is 13.8 Å². The maximum atomic E-state index is 11.2. The van der Waals surface area contributed by atoms with Gasteiger partial charge >= 0.3 is 0 Å². The molecule has 0 saturated heterocycles. The van der Waals surface area contributed by atoms with E-state index < -0.39 is 0 Å². The number of anilines is 1. The molecule has 2 rings (SSSR count). The van der Waals surface area contributed by atoms with Gasteiger partial charge in [0.15, 0.2) is 0 Å². The van der Waals surface area contributed by atoms with Crippen molar-refractivity contribution in [1.82, 2.24) is 5.32 Å². The minimum Gasteiger partial charge on any atom is -0.356 e. The van der Waals surface area contributed by atoms with Crippen molar-refractivity contribution in [3.8, 4) is 0 Å². The van der Waals surface area contributed by atoms with Crippen LogP contribution in [0.5, 0.6) is 0 Å². The van der Waals surface area contributed by atoms with Gasteiger partial charge in [-0.25, -0.2) is 0 Å². The van der Waals surface area contributed by atoms with Gasteiger partial charge in [-0.05, 0) is 43.7 Å². The summed E-state index contributed by atoms with van der Waals surface area (Å²) in [6.07, 6.45) is 6.60. The highest BCUT2D eigenvalue weighted by atomic mass is 16.2. The molecule has 0 aliphatic rings. The average Bonchev–Trinajstić information content (AvgIpc) is 2.70. The van der Waals surface area contributed by atoms with Crippen molar-refractivity contribution in [3.63, 3.8) is 0 Å². The van der Waals surface area contributed by atoms with E-state index in [-0.39, 0.29) is 23.4 Å². The fourth-order valence-electron chi connectivity index (χ4n) is 3.39.